The van der Waals surface area contributed by atoms with Crippen LogP contribution in [0.5, 0.6) is 34.5 Å². The molecule has 0 saturated heterocycles. The third-order valence-corrected chi connectivity index (χ3v) is 20.6. The first-order valence-electron chi connectivity index (χ1n) is 39.3. The number of hydrogen-bond acceptors (Lipinski definition) is 22. The number of nitrogens with one attached hydrogen (secondary N) is 1. The van der Waals surface area contributed by atoms with Crippen molar-refractivity contribution in [3.05, 3.63) is 315 Å². The Kier molecular flexibility index (Phi) is 32.9. The van der Waals surface area contributed by atoms with Gasteiger partial charge in [-0.1, -0.05) is 120 Å². The van der Waals surface area contributed by atoms with Gasteiger partial charge in [0, 0.05) is 52.9 Å². The summed E-state index contributed by atoms with van der Waals surface area (Å²) in [5, 5.41) is 5.05. The fourth-order valence-corrected chi connectivity index (χ4v) is 14.4. The number of para-hydroxylation sites is 5. The van der Waals surface area contributed by atoms with Gasteiger partial charge in [0.15, 0.2) is 23.1 Å². The van der Waals surface area contributed by atoms with Gasteiger partial charge in [-0.2, -0.15) is 0 Å². The maximum absolute atomic E-state index is 13.4. The SMILES string of the molecule is CCCn1c(=O)c2ccccc2n(CC(=O)Nc2cc(Cl)c(OC)cc2OC)c1=O.CCOC(=O)c1cn(CC(=O)c2ccc(OCC)c(Cl)c2)c2ccccc2c1=O.CCOc1ccc(C(=O)Cn2c(=O)n(CC(=O)Cc3ccccc3OC)c(=O)c3ccccc32)cc1Cl.CCOc1ccc(C(=O)Cn2c(=O)n(CC(=O)OC)c(=O)c3ccccc32)cc1Cl. The average molecular weight is 1800 g/mol. The molecular weight excluding hydrogens is 1710 g/mol. The molecule has 654 valence electrons. The van der Waals surface area contributed by atoms with Crippen LogP contribution in [0.4, 0.5) is 5.69 Å². The standard InChI is InChI=1S/C28H25ClN2O6.C22H20ClNO5.C21H22ClN3O5.C21H19ClN2O6/c1-3-37-26-13-12-18(15-22(26)29)24(33)17-30-23-10-6-5-9-21(23)27(34)31(28(30)35)16-20(32)14-19-8-4-7-11-25(19)36-2;1-3-28-20-10-9-14(11-17(20)23)19(25)13-24-12-16(22(27)29-4-2)21(26)15-7-5-6-8-18(15)24;1-4-9-24-20(27)13-7-5-6-8-16(13)25(21(24)28)12-19(26)23-15-10-14(22)17(29-2)11-18(15)30-3;1-3-30-18-9-8-13(10-15(18)22)17(25)11-23-16-7-5-4-6-14(16)20(27)24(21(23)28)12-19(26)29-2/h4-13,15H,3,14,16-17H2,1-2H3;5-12H,3-4,13H2,1-2H3;5-8,10-11H,4,9,12H2,1-3H3,(H,23,26);4-10H,3,11-12H2,1-2H3. The van der Waals surface area contributed by atoms with E-state index in [4.69, 9.17) is 79.6 Å². The molecule has 126 heavy (non-hydrogen) atoms. The highest BCUT2D eigenvalue weighted by molar-refractivity contribution is 6.33. The number of fused-ring (bicyclic) bond motifs is 4. The van der Waals surface area contributed by atoms with E-state index in [-0.39, 0.29) is 106 Å². The van der Waals surface area contributed by atoms with E-state index in [0.29, 0.717) is 120 Å². The lowest BCUT2D eigenvalue weighted by atomic mass is 10.1. The van der Waals surface area contributed by atoms with Crippen molar-refractivity contribution >= 4 is 137 Å². The van der Waals surface area contributed by atoms with Crippen molar-refractivity contribution in [3.63, 3.8) is 0 Å². The van der Waals surface area contributed by atoms with E-state index in [1.54, 1.807) is 175 Å². The number of pyridine rings is 1. The minimum Gasteiger partial charge on any atom is -0.496 e. The lowest BCUT2D eigenvalue weighted by molar-refractivity contribution is -0.141. The van der Waals surface area contributed by atoms with Gasteiger partial charge in [0.2, 0.25) is 11.3 Å². The third kappa shape index (κ3) is 22.2. The second-order valence-electron chi connectivity index (χ2n) is 27.5. The summed E-state index contributed by atoms with van der Waals surface area (Å²) >= 11 is 24.7. The van der Waals surface area contributed by atoms with Crippen molar-refractivity contribution in [1.29, 1.82) is 0 Å². The highest BCUT2D eigenvalue weighted by atomic mass is 35.5. The first-order valence-corrected chi connectivity index (χ1v) is 40.8. The molecule has 13 aromatic rings. The lowest BCUT2D eigenvalue weighted by Crippen LogP contribution is -2.42. The van der Waals surface area contributed by atoms with Gasteiger partial charge in [0.25, 0.3) is 16.7 Å². The van der Waals surface area contributed by atoms with Crippen LogP contribution in [0.25, 0.3) is 43.6 Å². The highest BCUT2D eigenvalue weighted by Crippen LogP contribution is 2.37. The van der Waals surface area contributed by atoms with Crippen molar-refractivity contribution in [2.24, 2.45) is 0 Å². The van der Waals surface area contributed by atoms with E-state index in [0.717, 1.165) is 25.4 Å². The van der Waals surface area contributed by atoms with Crippen LogP contribution in [0, 0.1) is 0 Å². The molecule has 30 nitrogen and oxygen atoms in total. The van der Waals surface area contributed by atoms with Crippen LogP contribution < -0.4 is 72.9 Å². The topological polar surface area (TPSA) is 359 Å². The van der Waals surface area contributed by atoms with E-state index in [9.17, 15) is 67.1 Å². The average Bonchev–Trinajstić information content (AvgIpc) is 0.768. The Balaban J connectivity index is 0.000000176. The second kappa shape index (κ2) is 43.9. The Morgan fingerprint density at radius 1 is 0.373 bits per heavy atom. The molecule has 0 bridgehead atoms. The first-order chi connectivity index (χ1) is 60.6. The summed E-state index contributed by atoms with van der Waals surface area (Å²) in [6.45, 7) is 8.72. The van der Waals surface area contributed by atoms with Gasteiger partial charge in [-0.3, -0.25) is 70.8 Å². The van der Waals surface area contributed by atoms with Gasteiger partial charge in [-0.05, 0) is 149 Å². The number of benzene rings is 9. The molecule has 0 atom stereocenters. The summed E-state index contributed by atoms with van der Waals surface area (Å²) in [7, 11) is 5.59. The Hall–Kier alpha value is -13.9. The third-order valence-electron chi connectivity index (χ3n) is 19.4. The van der Waals surface area contributed by atoms with Crippen molar-refractivity contribution in [1.82, 2.24) is 32.0 Å². The Morgan fingerprint density at radius 2 is 0.778 bits per heavy atom. The van der Waals surface area contributed by atoms with Gasteiger partial charge in [-0.25, -0.2) is 23.7 Å². The molecule has 4 heterocycles. The molecule has 1 N–H and O–H groups in total. The van der Waals surface area contributed by atoms with Gasteiger partial charge < -0.3 is 47.8 Å². The van der Waals surface area contributed by atoms with Crippen molar-refractivity contribution in [2.75, 3.05) is 60.2 Å². The first kappa shape index (κ1) is 94.3. The fraction of sp³-hybridized carbons (Fsp3) is 0.239. The number of ether oxygens (including phenoxy) is 8. The van der Waals surface area contributed by atoms with Crippen molar-refractivity contribution < 1.29 is 71.5 Å². The number of rotatable bonds is 31. The number of nitrogens with zero attached hydrogens (tertiary/aromatic N) is 7. The Labute approximate surface area is 738 Å². The second-order valence-corrected chi connectivity index (χ2v) is 29.1. The van der Waals surface area contributed by atoms with Gasteiger partial charge in [-0.15, -0.1) is 0 Å². The maximum Gasteiger partial charge on any atom is 0.343 e. The van der Waals surface area contributed by atoms with Crippen LogP contribution >= 0.6 is 46.4 Å². The number of esters is 2. The quantitative estimate of drug-likeness (QED) is 0.0311. The number of Topliss-reactive ketones (excluding diaryl/α,β-unsaturated/α-hetero) is 4. The number of carbonyl (C=O) groups is 7. The number of amides is 1. The van der Waals surface area contributed by atoms with Crippen molar-refractivity contribution in [2.45, 2.75) is 93.3 Å². The minimum absolute atomic E-state index is 0.0215. The van der Waals surface area contributed by atoms with Crippen molar-refractivity contribution in [3.8, 4) is 34.5 Å². The molecule has 0 saturated carbocycles. The summed E-state index contributed by atoms with van der Waals surface area (Å²) in [4.78, 5) is 179. The number of hydrogen-bond donors (Lipinski definition) is 1. The summed E-state index contributed by atoms with van der Waals surface area (Å²) in [6.07, 6.45) is 1.96. The van der Waals surface area contributed by atoms with E-state index >= 15 is 0 Å². The number of methoxy groups -OCH3 is 4. The normalized spacial score (nSPS) is 10.8. The summed E-state index contributed by atoms with van der Waals surface area (Å²) in [5.41, 5.74) is -0.686. The maximum atomic E-state index is 13.4. The molecule has 9 aromatic carbocycles. The molecule has 0 radical (unpaired) electrons. The van der Waals surface area contributed by atoms with Crippen LogP contribution in [-0.2, 0) is 76.1 Å². The molecular formula is C92H86Cl4N8O22. The number of carbonyl (C=O) groups excluding carboxylic acids is 7. The molecule has 0 aliphatic heterocycles. The molecule has 34 heteroatoms. The molecule has 1 amide bonds. The van der Waals surface area contributed by atoms with Crippen LogP contribution in [0.2, 0.25) is 20.1 Å². The van der Waals surface area contributed by atoms with Gasteiger partial charge >= 0.3 is 29.0 Å². The molecule has 4 aromatic heterocycles. The van der Waals surface area contributed by atoms with E-state index in [1.807, 2.05) is 27.7 Å². The van der Waals surface area contributed by atoms with E-state index in [1.165, 1.54) is 60.9 Å². The molecule has 0 fully saturated rings. The van der Waals surface area contributed by atoms with E-state index in [2.05, 4.69) is 10.1 Å². The summed E-state index contributed by atoms with van der Waals surface area (Å²) in [5.74, 6) is -0.582. The Morgan fingerprint density at radius 3 is 1.22 bits per heavy atom. The predicted molar refractivity (Wildman–Crippen MR) is 480 cm³/mol. The van der Waals surface area contributed by atoms with Gasteiger partial charge in [0.05, 0.1) is 145 Å². The number of aromatic nitrogens is 7. The molecule has 0 aliphatic carbocycles. The van der Waals surface area contributed by atoms with Gasteiger partial charge in [0.1, 0.15) is 53.2 Å². The van der Waals surface area contributed by atoms with Crippen LogP contribution in [-0.4, -0.2) is 128 Å². The predicted octanol–water partition coefficient (Wildman–Crippen LogP) is 13.2. The summed E-state index contributed by atoms with van der Waals surface area (Å²) < 4.78 is 49.5. The zero-order valence-corrected chi connectivity index (χ0v) is 72.8. The smallest absolute Gasteiger partial charge is 0.343 e. The largest absolute Gasteiger partial charge is 0.496 e. The van der Waals surface area contributed by atoms with Crippen LogP contribution in [0.15, 0.2) is 228 Å². The number of halogens is 4. The van der Waals surface area contributed by atoms with Crippen LogP contribution in [0.1, 0.15) is 88.0 Å². The number of ketones is 4. The fourth-order valence-electron chi connectivity index (χ4n) is 13.4. The van der Waals surface area contributed by atoms with Crippen LogP contribution in [0.3, 0.4) is 0 Å². The molecule has 13 rings (SSSR count). The molecule has 0 spiro atoms. The Bertz CT molecular complexity index is 6810. The molecule has 0 unspecified atom stereocenters. The zero-order chi connectivity index (χ0) is 91.2. The zero-order valence-electron chi connectivity index (χ0n) is 69.8. The highest BCUT2D eigenvalue weighted by Gasteiger charge is 2.25. The minimum atomic E-state index is -0.783. The molecule has 0 aliphatic rings. The summed E-state index contributed by atoms with van der Waals surface area (Å²) in [6, 6.07) is 50.6. The monoisotopic (exact) mass is 1790 g/mol. The number of anilines is 1. The lowest BCUT2D eigenvalue weighted by Gasteiger charge is -2.15. The van der Waals surface area contributed by atoms with E-state index < -0.39 is 70.3 Å².